The third kappa shape index (κ3) is 4.51. The van der Waals surface area contributed by atoms with Gasteiger partial charge in [-0.1, -0.05) is 19.1 Å². The van der Waals surface area contributed by atoms with Gasteiger partial charge in [0.15, 0.2) is 0 Å². The molecule has 1 heterocycles. The second kappa shape index (κ2) is 5.92. The summed E-state index contributed by atoms with van der Waals surface area (Å²) < 4.78 is 24.6. The van der Waals surface area contributed by atoms with Gasteiger partial charge in [0.25, 0.3) is 0 Å². The topological polar surface area (TPSA) is 49.4 Å². The summed E-state index contributed by atoms with van der Waals surface area (Å²) in [6, 6.07) is 8.15. The van der Waals surface area contributed by atoms with E-state index in [4.69, 9.17) is 0 Å². The van der Waals surface area contributed by atoms with Gasteiger partial charge >= 0.3 is 0 Å². The third-order valence-corrected chi connectivity index (χ3v) is 4.17. The van der Waals surface area contributed by atoms with E-state index in [1.807, 2.05) is 12.1 Å². The number of nitrogens with one attached hydrogen (secondary N) is 1. The Kier molecular flexibility index (Phi) is 4.47. The Morgan fingerprint density at radius 3 is 2.58 bits per heavy atom. The summed E-state index contributed by atoms with van der Waals surface area (Å²) >= 11 is 0. The molecule has 0 aromatic heterocycles. The maximum absolute atomic E-state index is 11.0. The fourth-order valence-corrected chi connectivity index (χ4v) is 2.89. The molecule has 0 amide bonds. The maximum Gasteiger partial charge on any atom is 0.209 e. The van der Waals surface area contributed by atoms with Crippen LogP contribution in [0.2, 0.25) is 0 Å². The van der Waals surface area contributed by atoms with Crippen molar-refractivity contribution in [1.82, 2.24) is 4.72 Å². The van der Waals surface area contributed by atoms with Crippen molar-refractivity contribution >= 4 is 15.7 Å². The lowest BCUT2D eigenvalue weighted by Crippen LogP contribution is -2.34. The van der Waals surface area contributed by atoms with Crippen LogP contribution in [0, 0.1) is 5.92 Å². The molecule has 1 atom stereocenters. The molecule has 2 rings (SSSR count). The fourth-order valence-electron chi connectivity index (χ4n) is 2.46. The molecule has 106 valence electrons. The van der Waals surface area contributed by atoms with Gasteiger partial charge in [0.1, 0.15) is 0 Å². The zero-order chi connectivity index (χ0) is 13.9. The minimum absolute atomic E-state index is 0.357. The number of benzene rings is 1. The lowest BCUT2D eigenvalue weighted by molar-refractivity contribution is 0.447. The highest BCUT2D eigenvalue weighted by Gasteiger charge is 2.16. The van der Waals surface area contributed by atoms with E-state index in [-0.39, 0.29) is 0 Å². The van der Waals surface area contributed by atoms with Crippen molar-refractivity contribution in [3.8, 4) is 0 Å². The molecule has 19 heavy (non-hydrogen) atoms. The number of piperidine rings is 1. The summed E-state index contributed by atoms with van der Waals surface area (Å²) in [5.74, 6) is 0.750. The quantitative estimate of drug-likeness (QED) is 0.918. The van der Waals surface area contributed by atoms with Crippen molar-refractivity contribution < 1.29 is 8.42 Å². The monoisotopic (exact) mass is 282 g/mol. The summed E-state index contributed by atoms with van der Waals surface area (Å²) in [6.07, 6.45) is 3.74. The van der Waals surface area contributed by atoms with Crippen molar-refractivity contribution in [3.63, 3.8) is 0 Å². The van der Waals surface area contributed by atoms with Crippen LogP contribution < -0.4 is 9.62 Å². The molecule has 0 radical (unpaired) electrons. The first kappa shape index (κ1) is 14.3. The first-order valence-corrected chi connectivity index (χ1v) is 8.62. The third-order valence-electron chi connectivity index (χ3n) is 3.50. The average molecular weight is 282 g/mol. The van der Waals surface area contributed by atoms with Crippen LogP contribution in [-0.2, 0) is 16.6 Å². The van der Waals surface area contributed by atoms with Gasteiger partial charge in [0.2, 0.25) is 10.0 Å². The van der Waals surface area contributed by atoms with E-state index in [0.717, 1.165) is 24.6 Å². The van der Waals surface area contributed by atoms with E-state index in [9.17, 15) is 8.42 Å². The molecule has 0 spiro atoms. The Hall–Kier alpha value is -1.07. The Morgan fingerprint density at radius 2 is 2.00 bits per heavy atom. The molecule has 1 N–H and O–H groups in total. The van der Waals surface area contributed by atoms with Gasteiger partial charge in [0.05, 0.1) is 6.26 Å². The Labute approximate surface area is 115 Å². The number of hydrogen-bond acceptors (Lipinski definition) is 3. The number of sulfonamides is 1. The van der Waals surface area contributed by atoms with Gasteiger partial charge in [-0.25, -0.2) is 13.1 Å². The zero-order valence-electron chi connectivity index (χ0n) is 11.6. The molecule has 1 aliphatic heterocycles. The van der Waals surface area contributed by atoms with Crippen LogP contribution >= 0.6 is 0 Å². The molecule has 0 aliphatic carbocycles. The van der Waals surface area contributed by atoms with Crippen LogP contribution in [0.5, 0.6) is 0 Å². The van der Waals surface area contributed by atoms with Crippen LogP contribution in [0.3, 0.4) is 0 Å². The summed E-state index contributed by atoms with van der Waals surface area (Å²) in [6.45, 7) is 4.87. The highest BCUT2D eigenvalue weighted by molar-refractivity contribution is 7.88. The molecule has 1 aromatic carbocycles. The first-order valence-electron chi connectivity index (χ1n) is 6.72. The molecule has 1 unspecified atom stereocenters. The second-order valence-corrected chi connectivity index (χ2v) is 7.29. The van der Waals surface area contributed by atoms with E-state index in [2.05, 4.69) is 28.7 Å². The normalized spacial score (nSPS) is 20.5. The van der Waals surface area contributed by atoms with Crippen molar-refractivity contribution in [1.29, 1.82) is 0 Å². The lowest BCUT2D eigenvalue weighted by atomic mass is 9.99. The van der Waals surface area contributed by atoms with Crippen molar-refractivity contribution in [2.75, 3.05) is 24.2 Å². The number of rotatable bonds is 4. The molecule has 0 bridgehead atoms. The lowest BCUT2D eigenvalue weighted by Gasteiger charge is -2.32. The van der Waals surface area contributed by atoms with Crippen molar-refractivity contribution in [2.24, 2.45) is 5.92 Å². The molecule has 5 heteroatoms. The summed E-state index contributed by atoms with van der Waals surface area (Å²) in [7, 11) is -3.12. The average Bonchev–Trinajstić information content (AvgIpc) is 2.36. The highest BCUT2D eigenvalue weighted by Crippen LogP contribution is 2.23. The molecule has 1 saturated heterocycles. The maximum atomic E-state index is 11.0. The Morgan fingerprint density at radius 1 is 1.32 bits per heavy atom. The number of hydrogen-bond donors (Lipinski definition) is 1. The SMILES string of the molecule is CC1CCCN(c2ccc(CNS(C)(=O)=O)cc2)C1. The van der Waals surface area contributed by atoms with E-state index >= 15 is 0 Å². The smallest absolute Gasteiger partial charge is 0.209 e. The van der Waals surface area contributed by atoms with E-state index in [1.165, 1.54) is 24.8 Å². The van der Waals surface area contributed by atoms with Crippen molar-refractivity contribution in [2.45, 2.75) is 26.3 Å². The molecule has 0 saturated carbocycles. The summed E-state index contributed by atoms with van der Waals surface area (Å²) in [5.41, 5.74) is 2.22. The highest BCUT2D eigenvalue weighted by atomic mass is 32.2. The van der Waals surface area contributed by atoms with Gasteiger partial charge in [-0.15, -0.1) is 0 Å². The van der Waals surface area contributed by atoms with Crippen LogP contribution in [0.25, 0.3) is 0 Å². The number of nitrogens with zero attached hydrogens (tertiary/aromatic N) is 1. The molecule has 1 aromatic rings. The molecular formula is C14H22N2O2S. The predicted octanol–water partition coefficient (Wildman–Crippen LogP) is 1.97. The molecule has 4 nitrogen and oxygen atoms in total. The Balaban J connectivity index is 1.98. The largest absolute Gasteiger partial charge is 0.371 e. The van der Waals surface area contributed by atoms with Crippen LogP contribution in [0.4, 0.5) is 5.69 Å². The Bertz CT molecular complexity index is 511. The van der Waals surface area contributed by atoms with E-state index in [0.29, 0.717) is 6.54 Å². The van der Waals surface area contributed by atoms with Crippen LogP contribution in [0.15, 0.2) is 24.3 Å². The molecule has 1 aliphatic rings. The summed E-state index contributed by atoms with van der Waals surface area (Å²) in [5, 5.41) is 0. The first-order chi connectivity index (χ1) is 8.94. The fraction of sp³-hybridized carbons (Fsp3) is 0.571. The van der Waals surface area contributed by atoms with Gasteiger partial charge in [0, 0.05) is 25.3 Å². The second-order valence-electron chi connectivity index (χ2n) is 5.45. The minimum atomic E-state index is -3.12. The summed E-state index contributed by atoms with van der Waals surface area (Å²) in [4.78, 5) is 2.40. The van der Waals surface area contributed by atoms with Gasteiger partial charge in [-0.2, -0.15) is 0 Å². The van der Waals surface area contributed by atoms with Crippen molar-refractivity contribution in [3.05, 3.63) is 29.8 Å². The van der Waals surface area contributed by atoms with E-state index < -0.39 is 10.0 Å². The van der Waals surface area contributed by atoms with Crippen LogP contribution in [0.1, 0.15) is 25.3 Å². The predicted molar refractivity (Wildman–Crippen MR) is 78.7 cm³/mol. The van der Waals surface area contributed by atoms with E-state index in [1.54, 1.807) is 0 Å². The zero-order valence-corrected chi connectivity index (χ0v) is 12.4. The van der Waals surface area contributed by atoms with Crippen LogP contribution in [-0.4, -0.2) is 27.8 Å². The van der Waals surface area contributed by atoms with Gasteiger partial charge < -0.3 is 4.90 Å². The minimum Gasteiger partial charge on any atom is -0.371 e. The van der Waals surface area contributed by atoms with Gasteiger partial charge in [-0.3, -0.25) is 0 Å². The molecular weight excluding hydrogens is 260 g/mol. The number of anilines is 1. The van der Waals surface area contributed by atoms with Gasteiger partial charge in [-0.05, 0) is 36.5 Å². The standard InChI is InChI=1S/C14H22N2O2S/c1-12-4-3-9-16(11-12)14-7-5-13(6-8-14)10-15-19(2,17)18/h5-8,12,15H,3-4,9-11H2,1-2H3. The molecule has 1 fully saturated rings.